The summed E-state index contributed by atoms with van der Waals surface area (Å²) in [5, 5.41) is 31.9. The van der Waals surface area contributed by atoms with E-state index < -0.39 is 5.97 Å². The van der Waals surface area contributed by atoms with E-state index in [9.17, 15) is 20.3 Å². The molecule has 138 valence electrons. The maximum absolute atomic E-state index is 11.5. The van der Waals surface area contributed by atoms with E-state index in [4.69, 9.17) is 0 Å². The molecule has 0 radical (unpaired) electrons. The van der Waals surface area contributed by atoms with Crippen molar-refractivity contribution in [1.29, 1.82) is 5.26 Å². The Kier molecular flexibility index (Phi) is 7.67. The molecule has 0 saturated carbocycles. The number of aliphatic carboxylic acids is 1. The first-order valence-corrected chi connectivity index (χ1v) is 8.47. The van der Waals surface area contributed by atoms with Gasteiger partial charge in [-0.05, 0) is 62.1 Å². The highest BCUT2D eigenvalue weighted by atomic mass is 16.4. The fourth-order valence-electron chi connectivity index (χ4n) is 2.33. The highest BCUT2D eigenvalue weighted by molar-refractivity contribution is 5.95. The summed E-state index contributed by atoms with van der Waals surface area (Å²) in [5.74, 6) is -1.07. The van der Waals surface area contributed by atoms with Gasteiger partial charge in [0.25, 0.3) is 0 Å². The minimum absolute atomic E-state index is 0.191. The molecule has 0 bridgehead atoms. The standard InChI is InChI=1S/C21H26N2O3/c1-6-20(24)18(21(25)26)10-17(14(4)5)15-7-8-19(16(9-15)11-22)23-12-13(2)3/h6-10,13,23-24H,12H2,1-5H3,(H,25,26)/b18-10+,20-6+. The second-order valence-electron chi connectivity index (χ2n) is 6.60. The number of nitrogens with one attached hydrogen (secondary N) is 1. The van der Waals surface area contributed by atoms with Crippen molar-refractivity contribution in [3.8, 4) is 6.07 Å². The van der Waals surface area contributed by atoms with Crippen LogP contribution in [0.3, 0.4) is 0 Å². The van der Waals surface area contributed by atoms with Gasteiger partial charge in [-0.1, -0.05) is 25.5 Å². The summed E-state index contributed by atoms with van der Waals surface area (Å²) in [7, 11) is 0. The molecule has 0 amide bonds. The first-order valence-electron chi connectivity index (χ1n) is 8.47. The Morgan fingerprint density at radius 2 is 1.96 bits per heavy atom. The van der Waals surface area contributed by atoms with E-state index in [1.165, 1.54) is 12.2 Å². The van der Waals surface area contributed by atoms with Crippen LogP contribution in [-0.2, 0) is 4.79 Å². The fourth-order valence-corrected chi connectivity index (χ4v) is 2.33. The third-order valence-corrected chi connectivity index (χ3v) is 3.76. The molecule has 0 aliphatic heterocycles. The molecular formula is C21H26N2O3. The molecule has 0 unspecified atom stereocenters. The largest absolute Gasteiger partial charge is 0.507 e. The van der Waals surface area contributed by atoms with Gasteiger partial charge in [-0.15, -0.1) is 0 Å². The van der Waals surface area contributed by atoms with Gasteiger partial charge in [-0.25, -0.2) is 4.79 Å². The van der Waals surface area contributed by atoms with E-state index in [0.29, 0.717) is 17.1 Å². The quantitative estimate of drug-likeness (QED) is 0.368. The zero-order chi connectivity index (χ0) is 19.9. The first kappa shape index (κ1) is 21.0. The van der Waals surface area contributed by atoms with Crippen LogP contribution in [0.5, 0.6) is 0 Å². The van der Waals surface area contributed by atoms with Gasteiger partial charge in [-0.3, -0.25) is 0 Å². The Morgan fingerprint density at radius 1 is 1.31 bits per heavy atom. The van der Waals surface area contributed by atoms with Crippen LogP contribution in [0.2, 0.25) is 0 Å². The summed E-state index contributed by atoms with van der Waals surface area (Å²) in [6.45, 7) is 10.2. The monoisotopic (exact) mass is 354 g/mol. The smallest absolute Gasteiger partial charge is 0.339 e. The number of allylic oxidation sites excluding steroid dienone is 4. The number of carboxylic acids is 1. The van der Waals surface area contributed by atoms with Crippen molar-refractivity contribution in [1.82, 2.24) is 0 Å². The normalized spacial score (nSPS) is 11.9. The number of anilines is 1. The lowest BCUT2D eigenvalue weighted by Gasteiger charge is -2.13. The summed E-state index contributed by atoms with van der Waals surface area (Å²) in [6, 6.07) is 7.57. The van der Waals surface area contributed by atoms with Crippen LogP contribution in [0.4, 0.5) is 5.69 Å². The van der Waals surface area contributed by atoms with Gasteiger partial charge in [0.1, 0.15) is 17.4 Å². The van der Waals surface area contributed by atoms with E-state index in [0.717, 1.165) is 23.4 Å². The molecular weight excluding hydrogens is 328 g/mol. The molecule has 1 rings (SSSR count). The van der Waals surface area contributed by atoms with Gasteiger partial charge in [-0.2, -0.15) is 5.26 Å². The highest BCUT2D eigenvalue weighted by Gasteiger charge is 2.15. The maximum atomic E-state index is 11.5. The van der Waals surface area contributed by atoms with Gasteiger partial charge in [0.15, 0.2) is 0 Å². The van der Waals surface area contributed by atoms with Crippen molar-refractivity contribution < 1.29 is 15.0 Å². The molecule has 0 aliphatic carbocycles. The number of carboxylic acid groups (broad SMARTS) is 1. The van der Waals surface area contributed by atoms with Crippen LogP contribution in [-0.4, -0.2) is 22.7 Å². The topological polar surface area (TPSA) is 93.4 Å². The third-order valence-electron chi connectivity index (χ3n) is 3.76. The van der Waals surface area contributed by atoms with Crippen molar-refractivity contribution >= 4 is 17.2 Å². The Bertz CT molecular complexity index is 805. The minimum atomic E-state index is -1.21. The van der Waals surface area contributed by atoms with Crippen molar-refractivity contribution in [3.63, 3.8) is 0 Å². The lowest BCUT2D eigenvalue weighted by atomic mass is 9.96. The number of carbonyl (C=O) groups is 1. The Balaban J connectivity index is 3.43. The molecule has 0 aromatic heterocycles. The number of nitriles is 1. The van der Waals surface area contributed by atoms with Gasteiger partial charge < -0.3 is 15.5 Å². The predicted octanol–water partition coefficient (Wildman–Crippen LogP) is 4.89. The van der Waals surface area contributed by atoms with Crippen LogP contribution in [0, 0.1) is 17.2 Å². The fraction of sp³-hybridized carbons (Fsp3) is 0.333. The molecule has 0 saturated heterocycles. The molecule has 1 aromatic carbocycles. The number of hydrogen-bond acceptors (Lipinski definition) is 4. The zero-order valence-corrected chi connectivity index (χ0v) is 15.9. The second-order valence-corrected chi connectivity index (χ2v) is 6.60. The van der Waals surface area contributed by atoms with Crippen molar-refractivity contribution in [2.45, 2.75) is 34.6 Å². The van der Waals surface area contributed by atoms with E-state index >= 15 is 0 Å². The first-order chi connectivity index (χ1) is 12.2. The summed E-state index contributed by atoms with van der Waals surface area (Å²) < 4.78 is 0. The third kappa shape index (κ3) is 5.52. The summed E-state index contributed by atoms with van der Waals surface area (Å²) in [6.07, 6.45) is 2.77. The van der Waals surface area contributed by atoms with E-state index in [1.54, 1.807) is 13.0 Å². The molecule has 0 spiro atoms. The van der Waals surface area contributed by atoms with Crippen molar-refractivity contribution in [2.75, 3.05) is 11.9 Å². The average Bonchev–Trinajstić information content (AvgIpc) is 2.59. The molecule has 0 atom stereocenters. The van der Waals surface area contributed by atoms with Crippen LogP contribution in [0.25, 0.3) is 5.57 Å². The molecule has 5 heteroatoms. The van der Waals surface area contributed by atoms with Crippen molar-refractivity contribution in [3.05, 3.63) is 58.4 Å². The van der Waals surface area contributed by atoms with Crippen molar-refractivity contribution in [2.24, 2.45) is 5.92 Å². The van der Waals surface area contributed by atoms with E-state index in [1.807, 2.05) is 26.0 Å². The van der Waals surface area contributed by atoms with Gasteiger partial charge >= 0.3 is 5.97 Å². The number of rotatable bonds is 7. The molecule has 26 heavy (non-hydrogen) atoms. The Labute approximate surface area is 155 Å². The Hall–Kier alpha value is -3.00. The molecule has 0 heterocycles. The molecule has 0 fully saturated rings. The molecule has 1 aromatic rings. The number of benzene rings is 1. The lowest BCUT2D eigenvalue weighted by Crippen LogP contribution is -2.09. The molecule has 0 aliphatic rings. The second kappa shape index (κ2) is 9.47. The number of aliphatic hydroxyl groups excluding tert-OH is 1. The summed E-state index contributed by atoms with van der Waals surface area (Å²) in [4.78, 5) is 11.5. The maximum Gasteiger partial charge on any atom is 0.339 e. The Morgan fingerprint density at radius 3 is 2.42 bits per heavy atom. The summed E-state index contributed by atoms with van der Waals surface area (Å²) in [5.41, 5.74) is 3.30. The minimum Gasteiger partial charge on any atom is -0.507 e. The molecule has 3 N–H and O–H groups in total. The van der Waals surface area contributed by atoms with Gasteiger partial charge in [0.2, 0.25) is 0 Å². The number of aliphatic hydroxyl groups is 1. The molecule has 5 nitrogen and oxygen atoms in total. The number of nitrogens with zero attached hydrogens (tertiary/aromatic N) is 1. The van der Waals surface area contributed by atoms with Crippen LogP contribution < -0.4 is 5.32 Å². The highest BCUT2D eigenvalue weighted by Crippen LogP contribution is 2.27. The number of hydrogen-bond donors (Lipinski definition) is 3. The average molecular weight is 354 g/mol. The summed E-state index contributed by atoms with van der Waals surface area (Å²) >= 11 is 0. The van der Waals surface area contributed by atoms with Gasteiger partial charge in [0, 0.05) is 6.54 Å². The predicted molar refractivity (Wildman–Crippen MR) is 105 cm³/mol. The van der Waals surface area contributed by atoms with Crippen LogP contribution in [0.1, 0.15) is 45.7 Å². The van der Waals surface area contributed by atoms with E-state index in [2.05, 4.69) is 25.2 Å². The SMILES string of the molecule is C/C=C(O)\C(=C/C(=C(C)C)c1ccc(NCC(C)C)c(C#N)c1)C(=O)O. The lowest BCUT2D eigenvalue weighted by molar-refractivity contribution is -0.132. The van der Waals surface area contributed by atoms with E-state index in [-0.39, 0.29) is 11.3 Å². The zero-order valence-electron chi connectivity index (χ0n) is 15.9. The van der Waals surface area contributed by atoms with Crippen LogP contribution in [0.15, 0.2) is 47.3 Å². The van der Waals surface area contributed by atoms with Crippen LogP contribution >= 0.6 is 0 Å². The van der Waals surface area contributed by atoms with Gasteiger partial charge in [0.05, 0.1) is 11.3 Å².